The maximum atomic E-state index is 13.9. The van der Waals surface area contributed by atoms with E-state index in [2.05, 4.69) is 15.4 Å². The highest BCUT2D eigenvalue weighted by Gasteiger charge is 2.21. The van der Waals surface area contributed by atoms with Gasteiger partial charge in [-0.1, -0.05) is 22.9 Å². The Kier molecular flexibility index (Phi) is 4.72. The van der Waals surface area contributed by atoms with Gasteiger partial charge in [-0.25, -0.2) is 22.8 Å². The highest BCUT2D eigenvalue weighted by molar-refractivity contribution is 7.23. The van der Waals surface area contributed by atoms with E-state index in [9.17, 15) is 18.0 Å². The molecule has 0 aliphatic heterocycles. The van der Waals surface area contributed by atoms with Gasteiger partial charge in [0.15, 0.2) is 22.6 Å². The van der Waals surface area contributed by atoms with Crippen LogP contribution in [0.2, 0.25) is 5.02 Å². The zero-order valence-electron chi connectivity index (χ0n) is 15.5. The maximum Gasteiger partial charge on any atom is 0.267 e. The number of benzene rings is 2. The summed E-state index contributed by atoms with van der Waals surface area (Å²) < 4.78 is 42.6. The Balaban J connectivity index is 1.49. The predicted molar refractivity (Wildman–Crippen MR) is 116 cm³/mol. The fraction of sp³-hybridized carbons (Fsp3) is 0.0500. The van der Waals surface area contributed by atoms with Crippen LogP contribution in [0, 0.1) is 24.4 Å². The number of nitrogens with one attached hydrogen (secondary N) is 1. The molecule has 11 heteroatoms. The van der Waals surface area contributed by atoms with Gasteiger partial charge in [0.1, 0.15) is 10.3 Å². The number of halogens is 4. The number of rotatable bonds is 3. The third-order valence-corrected chi connectivity index (χ3v) is 6.86. The van der Waals surface area contributed by atoms with E-state index in [0.717, 1.165) is 39.0 Å². The minimum Gasteiger partial charge on any atom is -0.297 e. The van der Waals surface area contributed by atoms with E-state index in [0.29, 0.717) is 9.90 Å². The second kappa shape index (κ2) is 7.33. The lowest BCUT2D eigenvalue weighted by atomic mass is 10.3. The van der Waals surface area contributed by atoms with Crippen LogP contribution >= 0.6 is 34.3 Å². The van der Waals surface area contributed by atoms with Gasteiger partial charge in [0, 0.05) is 10.4 Å². The molecule has 3 aromatic heterocycles. The van der Waals surface area contributed by atoms with Crippen LogP contribution in [0.1, 0.15) is 15.4 Å². The fourth-order valence-corrected chi connectivity index (χ4v) is 5.19. The van der Waals surface area contributed by atoms with Gasteiger partial charge in [-0.3, -0.25) is 10.1 Å². The number of aryl methyl sites for hydroxylation is 1. The third-order valence-electron chi connectivity index (χ3n) is 4.58. The molecule has 5 nitrogen and oxygen atoms in total. The Hall–Kier alpha value is -2.95. The van der Waals surface area contributed by atoms with Gasteiger partial charge < -0.3 is 0 Å². The standard InChI is InChI=1S/C20H10ClF3N4OS2/c1-8-11-6-14(30-19(11)28(27-8)10-4-2-9(21)3-5-10)18(29)26-20-25-17-13(31-20)7-12(22)15(23)16(17)24/h2-7H,1H3,(H,25,26,29). The van der Waals surface area contributed by atoms with Crippen LogP contribution in [0.25, 0.3) is 26.1 Å². The number of thiazole rings is 1. The first-order chi connectivity index (χ1) is 14.8. The molecule has 0 radical (unpaired) electrons. The monoisotopic (exact) mass is 478 g/mol. The number of fused-ring (bicyclic) bond motifs is 2. The van der Waals surface area contributed by atoms with Crippen molar-refractivity contribution in [1.82, 2.24) is 14.8 Å². The number of aromatic nitrogens is 3. The molecule has 1 amide bonds. The molecule has 0 fully saturated rings. The molecule has 0 aliphatic carbocycles. The van der Waals surface area contributed by atoms with Crippen molar-refractivity contribution in [2.45, 2.75) is 6.92 Å². The van der Waals surface area contributed by atoms with E-state index in [1.165, 1.54) is 11.3 Å². The fourth-order valence-electron chi connectivity index (χ4n) is 3.10. The van der Waals surface area contributed by atoms with E-state index in [1.807, 2.05) is 19.1 Å². The highest BCUT2D eigenvalue weighted by Crippen LogP contribution is 2.33. The van der Waals surface area contributed by atoms with E-state index < -0.39 is 23.4 Å². The Bertz CT molecular complexity index is 1490. The summed E-state index contributed by atoms with van der Waals surface area (Å²) in [4.78, 5) is 17.8. The number of anilines is 1. The van der Waals surface area contributed by atoms with E-state index >= 15 is 0 Å². The van der Waals surface area contributed by atoms with Crippen molar-refractivity contribution in [3.8, 4) is 5.69 Å². The number of nitrogens with zero attached hydrogens (tertiary/aromatic N) is 3. The topological polar surface area (TPSA) is 59.8 Å². The Labute approximate surface area is 185 Å². The first-order valence-electron chi connectivity index (χ1n) is 8.82. The van der Waals surface area contributed by atoms with E-state index in [1.54, 1.807) is 22.9 Å². The number of carbonyl (C=O) groups excluding carboxylic acids is 1. The van der Waals surface area contributed by atoms with Gasteiger partial charge in [0.2, 0.25) is 0 Å². The number of carbonyl (C=O) groups is 1. The van der Waals surface area contributed by atoms with Crippen molar-refractivity contribution in [2.24, 2.45) is 0 Å². The quantitative estimate of drug-likeness (QED) is 0.308. The predicted octanol–water partition coefficient (Wildman–Crippen LogP) is 6.33. The molecular weight excluding hydrogens is 469 g/mol. The van der Waals surface area contributed by atoms with E-state index in [-0.39, 0.29) is 15.3 Å². The normalized spacial score (nSPS) is 11.5. The summed E-state index contributed by atoms with van der Waals surface area (Å²) in [6, 6.07) is 9.70. The van der Waals surface area contributed by atoms with Crippen LogP contribution in [0.5, 0.6) is 0 Å². The summed E-state index contributed by atoms with van der Waals surface area (Å²) in [6.07, 6.45) is 0. The molecule has 0 unspecified atom stereocenters. The third kappa shape index (κ3) is 3.36. The molecule has 1 N–H and O–H groups in total. The average Bonchev–Trinajstić information content (AvgIpc) is 3.42. The van der Waals surface area contributed by atoms with Gasteiger partial charge in [-0.2, -0.15) is 5.10 Å². The number of amides is 1. The van der Waals surface area contributed by atoms with Crippen molar-refractivity contribution in [3.05, 3.63) is 69.4 Å². The lowest BCUT2D eigenvalue weighted by molar-refractivity contribution is 0.103. The second-order valence-corrected chi connectivity index (χ2v) is 9.11. The zero-order chi connectivity index (χ0) is 21.9. The smallest absolute Gasteiger partial charge is 0.267 e. The first kappa shape index (κ1) is 20.0. The van der Waals surface area contributed by atoms with Gasteiger partial charge in [-0.15, -0.1) is 11.3 Å². The SMILES string of the molecule is Cc1nn(-c2ccc(Cl)cc2)c2sc(C(=O)Nc3nc4c(F)c(F)c(F)cc4s3)cc12. The van der Waals surface area contributed by atoms with Gasteiger partial charge in [-0.05, 0) is 43.3 Å². The van der Waals surface area contributed by atoms with Gasteiger partial charge in [0.05, 0.1) is 21.0 Å². The summed E-state index contributed by atoms with van der Waals surface area (Å²) in [7, 11) is 0. The number of hydrogen-bond acceptors (Lipinski definition) is 5. The summed E-state index contributed by atoms with van der Waals surface area (Å²) in [5.41, 5.74) is 1.21. The molecule has 5 aromatic rings. The van der Waals surface area contributed by atoms with Crippen molar-refractivity contribution < 1.29 is 18.0 Å². The molecule has 5 rings (SSSR count). The lowest BCUT2D eigenvalue weighted by Crippen LogP contribution is -2.09. The van der Waals surface area contributed by atoms with Crippen LogP contribution in [0.4, 0.5) is 18.3 Å². The maximum absolute atomic E-state index is 13.9. The Morgan fingerprint density at radius 2 is 1.84 bits per heavy atom. The molecule has 0 saturated carbocycles. The van der Waals surface area contributed by atoms with Crippen molar-refractivity contribution in [1.29, 1.82) is 0 Å². The summed E-state index contributed by atoms with van der Waals surface area (Å²) in [5.74, 6) is -4.75. The summed E-state index contributed by atoms with van der Waals surface area (Å²) in [5, 5.41) is 8.54. The van der Waals surface area contributed by atoms with Gasteiger partial charge >= 0.3 is 0 Å². The van der Waals surface area contributed by atoms with Crippen molar-refractivity contribution in [2.75, 3.05) is 5.32 Å². The molecule has 0 saturated heterocycles. The minimum atomic E-state index is -1.59. The van der Waals surface area contributed by atoms with Crippen LogP contribution in [-0.2, 0) is 0 Å². The minimum absolute atomic E-state index is 0.0393. The molecule has 3 heterocycles. The summed E-state index contributed by atoms with van der Waals surface area (Å²) in [6.45, 7) is 1.84. The molecule has 0 bridgehead atoms. The molecule has 2 aromatic carbocycles. The average molecular weight is 479 g/mol. The molecule has 0 spiro atoms. The van der Waals surface area contributed by atoms with Crippen LogP contribution < -0.4 is 5.32 Å². The zero-order valence-corrected chi connectivity index (χ0v) is 17.9. The largest absolute Gasteiger partial charge is 0.297 e. The van der Waals surface area contributed by atoms with Crippen LogP contribution in [-0.4, -0.2) is 20.7 Å². The van der Waals surface area contributed by atoms with Gasteiger partial charge in [0.25, 0.3) is 5.91 Å². The Morgan fingerprint density at radius 1 is 1.10 bits per heavy atom. The summed E-state index contributed by atoms with van der Waals surface area (Å²) >= 11 is 8.03. The number of thiophene rings is 1. The highest BCUT2D eigenvalue weighted by atomic mass is 35.5. The lowest BCUT2D eigenvalue weighted by Gasteiger charge is -2.02. The molecule has 0 aliphatic rings. The van der Waals surface area contributed by atoms with Crippen LogP contribution in [0.3, 0.4) is 0 Å². The number of hydrogen-bond donors (Lipinski definition) is 1. The van der Waals surface area contributed by atoms with E-state index in [4.69, 9.17) is 11.6 Å². The van der Waals surface area contributed by atoms with Crippen molar-refractivity contribution in [3.63, 3.8) is 0 Å². The Morgan fingerprint density at radius 3 is 2.58 bits per heavy atom. The molecule has 31 heavy (non-hydrogen) atoms. The molecular formula is C20H10ClF3N4OS2. The molecule has 156 valence electrons. The second-order valence-electron chi connectivity index (χ2n) is 6.61. The van der Waals surface area contributed by atoms with Crippen LogP contribution in [0.15, 0.2) is 36.4 Å². The molecule has 0 atom stereocenters. The first-order valence-corrected chi connectivity index (χ1v) is 10.8. The van der Waals surface area contributed by atoms with Crippen molar-refractivity contribution >= 4 is 65.7 Å².